The van der Waals surface area contributed by atoms with Gasteiger partial charge in [-0.2, -0.15) is 23.3 Å². The standard InChI is InChI=1S/C27H24F3N9O3/c1-42-25(41)21-9-11-38(35-21)20-5-7-24(40)37(15-20)19-4-6-22(31-14-19)32-17-2-3-18(13-17)33-26-34-23-12-16(27(28,29)30)8-10-39(23)36-26/h4-12,14-15,17-18H,2-3,13H2,1H3,(H,31,32)(H,33,36)/t17-,18-/m0/s1. The summed E-state index contributed by atoms with van der Waals surface area (Å²) in [6.07, 6.45) is 3.95. The number of carbonyl (C=O) groups is 1. The van der Waals surface area contributed by atoms with E-state index in [4.69, 9.17) is 0 Å². The fraction of sp³-hybridized carbons (Fsp3) is 0.259. The van der Waals surface area contributed by atoms with E-state index in [1.807, 2.05) is 0 Å². The van der Waals surface area contributed by atoms with Crippen molar-refractivity contribution >= 4 is 23.4 Å². The van der Waals surface area contributed by atoms with E-state index in [1.54, 1.807) is 36.8 Å². The van der Waals surface area contributed by atoms with E-state index in [1.165, 1.54) is 39.2 Å². The summed E-state index contributed by atoms with van der Waals surface area (Å²) in [5.74, 6) is 0.342. The van der Waals surface area contributed by atoms with Crippen LogP contribution in [0.4, 0.5) is 24.9 Å². The second-order valence-corrected chi connectivity index (χ2v) is 9.78. The van der Waals surface area contributed by atoms with Crippen molar-refractivity contribution in [2.24, 2.45) is 0 Å². The molecule has 2 atom stereocenters. The van der Waals surface area contributed by atoms with E-state index in [9.17, 15) is 22.8 Å². The highest BCUT2D eigenvalue weighted by Gasteiger charge is 2.31. The zero-order valence-electron chi connectivity index (χ0n) is 22.1. The molecule has 0 saturated heterocycles. The molecule has 6 rings (SSSR count). The van der Waals surface area contributed by atoms with Crippen molar-refractivity contribution in [2.45, 2.75) is 37.5 Å². The van der Waals surface area contributed by atoms with E-state index in [0.29, 0.717) is 17.2 Å². The number of rotatable bonds is 7. The molecule has 0 bridgehead atoms. The molecule has 216 valence electrons. The van der Waals surface area contributed by atoms with Crippen molar-refractivity contribution in [3.63, 3.8) is 0 Å². The molecule has 0 radical (unpaired) electrons. The molecule has 42 heavy (non-hydrogen) atoms. The molecule has 2 N–H and O–H groups in total. The van der Waals surface area contributed by atoms with Crippen LogP contribution in [0.5, 0.6) is 0 Å². The quantitative estimate of drug-likeness (QED) is 0.277. The van der Waals surface area contributed by atoms with Gasteiger partial charge in [0.05, 0.1) is 30.2 Å². The molecule has 1 aliphatic carbocycles. The monoisotopic (exact) mass is 579 g/mol. The first-order chi connectivity index (χ1) is 20.2. The molecule has 0 aliphatic heterocycles. The van der Waals surface area contributed by atoms with Gasteiger partial charge in [-0.25, -0.2) is 19.0 Å². The van der Waals surface area contributed by atoms with Crippen molar-refractivity contribution in [2.75, 3.05) is 17.7 Å². The van der Waals surface area contributed by atoms with Gasteiger partial charge in [0, 0.05) is 36.7 Å². The molecule has 0 unspecified atom stereocenters. The summed E-state index contributed by atoms with van der Waals surface area (Å²) in [5.41, 5.74) is 0.335. The Hall–Kier alpha value is -5.21. The normalized spacial score (nSPS) is 17.0. The summed E-state index contributed by atoms with van der Waals surface area (Å²) < 4.78 is 47.9. The van der Waals surface area contributed by atoms with Crippen LogP contribution in [0.25, 0.3) is 17.0 Å². The van der Waals surface area contributed by atoms with Crippen LogP contribution in [0.3, 0.4) is 0 Å². The fourth-order valence-corrected chi connectivity index (χ4v) is 4.86. The van der Waals surface area contributed by atoms with Gasteiger partial charge in [0.15, 0.2) is 11.3 Å². The first-order valence-corrected chi connectivity index (χ1v) is 13.0. The van der Waals surface area contributed by atoms with Crippen LogP contribution in [0.1, 0.15) is 35.3 Å². The van der Waals surface area contributed by atoms with Gasteiger partial charge >= 0.3 is 12.1 Å². The van der Waals surface area contributed by atoms with Crippen LogP contribution < -0.4 is 16.2 Å². The number of nitrogens with one attached hydrogen (secondary N) is 2. The topological polar surface area (TPSA) is 133 Å². The Balaban J connectivity index is 1.09. The number of anilines is 2. The summed E-state index contributed by atoms with van der Waals surface area (Å²) in [6, 6.07) is 10.1. The predicted octanol–water partition coefficient (Wildman–Crippen LogP) is 3.71. The molecule has 0 aromatic carbocycles. The smallest absolute Gasteiger partial charge is 0.416 e. The number of esters is 1. The van der Waals surface area contributed by atoms with Crippen molar-refractivity contribution < 1.29 is 22.7 Å². The van der Waals surface area contributed by atoms with E-state index >= 15 is 0 Å². The third kappa shape index (κ3) is 5.53. The van der Waals surface area contributed by atoms with E-state index in [0.717, 1.165) is 31.4 Å². The van der Waals surface area contributed by atoms with E-state index < -0.39 is 17.7 Å². The highest BCUT2D eigenvalue weighted by Crippen LogP contribution is 2.30. The Morgan fingerprint density at radius 3 is 2.52 bits per heavy atom. The molecule has 15 heteroatoms. The molecule has 1 saturated carbocycles. The predicted molar refractivity (Wildman–Crippen MR) is 145 cm³/mol. The maximum Gasteiger partial charge on any atom is 0.416 e. The zero-order chi connectivity index (χ0) is 29.4. The molecule has 0 spiro atoms. The van der Waals surface area contributed by atoms with Gasteiger partial charge in [0.2, 0.25) is 5.95 Å². The minimum absolute atomic E-state index is 0.0320. The Labute approximate surface area is 235 Å². The van der Waals surface area contributed by atoms with Crippen LogP contribution in [-0.4, -0.2) is 59.1 Å². The van der Waals surface area contributed by atoms with Crippen molar-refractivity contribution in [3.05, 3.63) is 88.9 Å². The minimum Gasteiger partial charge on any atom is -0.464 e. The summed E-state index contributed by atoms with van der Waals surface area (Å²) in [4.78, 5) is 33.0. The number of hydrogen-bond acceptors (Lipinski definition) is 9. The van der Waals surface area contributed by atoms with Crippen LogP contribution >= 0.6 is 0 Å². The number of hydrogen-bond donors (Lipinski definition) is 2. The van der Waals surface area contributed by atoms with Gasteiger partial charge in [-0.1, -0.05) is 0 Å². The SMILES string of the molecule is COC(=O)c1ccn(-c2ccc(=O)n(-c3ccc(N[C@H]4CC[C@H](Nc5nc6cc(C(F)(F)F)ccn6n5)C4)nc3)c2)n1. The largest absolute Gasteiger partial charge is 0.464 e. The molecule has 1 aliphatic rings. The Bertz CT molecular complexity index is 1810. The molecule has 5 aromatic rings. The molecule has 12 nitrogen and oxygen atoms in total. The summed E-state index contributed by atoms with van der Waals surface area (Å²) in [7, 11) is 1.27. The van der Waals surface area contributed by atoms with Crippen molar-refractivity contribution in [1.82, 2.24) is 33.9 Å². The lowest BCUT2D eigenvalue weighted by atomic mass is 10.2. The van der Waals surface area contributed by atoms with E-state index in [2.05, 4.69) is 35.5 Å². The highest BCUT2D eigenvalue weighted by atomic mass is 19.4. The minimum atomic E-state index is -4.45. The highest BCUT2D eigenvalue weighted by molar-refractivity contribution is 5.86. The van der Waals surface area contributed by atoms with Gasteiger partial charge in [-0.15, -0.1) is 5.10 Å². The average Bonchev–Trinajstić information content (AvgIpc) is 3.73. The Kier molecular flexibility index (Phi) is 6.84. The summed E-state index contributed by atoms with van der Waals surface area (Å²) in [5, 5.41) is 15.0. The van der Waals surface area contributed by atoms with Crippen LogP contribution in [0.2, 0.25) is 0 Å². The summed E-state index contributed by atoms with van der Waals surface area (Å²) >= 11 is 0. The lowest BCUT2D eigenvalue weighted by molar-refractivity contribution is -0.137. The number of pyridine rings is 3. The molecular formula is C27H24F3N9O3. The number of halogens is 3. The Morgan fingerprint density at radius 1 is 1.00 bits per heavy atom. The van der Waals surface area contributed by atoms with Crippen LogP contribution in [-0.2, 0) is 10.9 Å². The number of ether oxygens (including phenoxy) is 1. The first-order valence-electron chi connectivity index (χ1n) is 13.0. The molecule has 5 aromatic heterocycles. The van der Waals surface area contributed by atoms with E-state index in [-0.39, 0.29) is 34.9 Å². The molecule has 0 amide bonds. The molecule has 1 fully saturated rings. The zero-order valence-corrected chi connectivity index (χ0v) is 22.1. The number of alkyl halides is 3. The number of nitrogens with zero attached hydrogens (tertiary/aromatic N) is 7. The first kappa shape index (κ1) is 27.0. The Morgan fingerprint density at radius 2 is 1.79 bits per heavy atom. The van der Waals surface area contributed by atoms with Gasteiger partial charge in [-0.05, 0) is 55.7 Å². The number of fused-ring (bicyclic) bond motifs is 1. The molecule has 5 heterocycles. The van der Waals surface area contributed by atoms with Crippen LogP contribution in [0.15, 0.2) is 72.0 Å². The van der Waals surface area contributed by atoms with Gasteiger partial charge in [0.25, 0.3) is 5.56 Å². The second kappa shape index (κ2) is 10.6. The summed E-state index contributed by atoms with van der Waals surface area (Å²) in [6.45, 7) is 0. The lowest BCUT2D eigenvalue weighted by Gasteiger charge is -2.15. The van der Waals surface area contributed by atoms with Gasteiger partial charge in [-0.3, -0.25) is 9.36 Å². The maximum absolute atomic E-state index is 13.0. The molecular weight excluding hydrogens is 555 g/mol. The maximum atomic E-state index is 13.0. The second-order valence-electron chi connectivity index (χ2n) is 9.78. The van der Waals surface area contributed by atoms with Gasteiger partial charge < -0.3 is 15.4 Å². The van der Waals surface area contributed by atoms with Crippen LogP contribution in [0, 0.1) is 0 Å². The fourth-order valence-electron chi connectivity index (χ4n) is 4.86. The average molecular weight is 580 g/mol. The van der Waals surface area contributed by atoms with Crippen molar-refractivity contribution in [1.29, 1.82) is 0 Å². The van der Waals surface area contributed by atoms with Gasteiger partial charge in [0.1, 0.15) is 5.82 Å². The number of carbonyl (C=O) groups excluding carboxylic acids is 1. The third-order valence-electron chi connectivity index (χ3n) is 6.95. The third-order valence-corrected chi connectivity index (χ3v) is 6.95. The number of methoxy groups -OCH3 is 1. The number of aromatic nitrogens is 7. The lowest BCUT2D eigenvalue weighted by Crippen LogP contribution is -2.22. The van der Waals surface area contributed by atoms with Crippen molar-refractivity contribution in [3.8, 4) is 11.4 Å².